The topological polar surface area (TPSA) is 34.1 Å². The summed E-state index contributed by atoms with van der Waals surface area (Å²) < 4.78 is 6.92. The lowest BCUT2D eigenvalue weighted by molar-refractivity contribution is 0.469. The molecule has 100 valence electrons. The van der Waals surface area contributed by atoms with E-state index in [1.54, 1.807) is 6.20 Å². The molecule has 0 bridgehead atoms. The molecule has 0 atom stereocenters. The molecule has 3 nitrogen and oxygen atoms in total. The van der Waals surface area contributed by atoms with Crippen molar-refractivity contribution in [2.24, 2.45) is 0 Å². The molecule has 1 aromatic heterocycles. The van der Waals surface area contributed by atoms with E-state index >= 15 is 0 Å². The van der Waals surface area contributed by atoms with Crippen molar-refractivity contribution in [3.8, 4) is 11.6 Å². The van der Waals surface area contributed by atoms with Crippen LogP contribution in [0.3, 0.4) is 0 Å². The molecule has 0 aliphatic heterocycles. The van der Waals surface area contributed by atoms with Crippen LogP contribution in [-0.2, 0) is 0 Å². The van der Waals surface area contributed by atoms with Crippen LogP contribution in [0.5, 0.6) is 11.6 Å². The van der Waals surface area contributed by atoms with E-state index in [0.717, 1.165) is 26.7 Å². The Labute approximate surface area is 125 Å². The van der Waals surface area contributed by atoms with Crippen molar-refractivity contribution in [2.45, 2.75) is 0 Å². The second kappa shape index (κ2) is 5.51. The van der Waals surface area contributed by atoms with Gasteiger partial charge in [-0.15, -0.1) is 0 Å². The number of fused-ring (bicyclic) bond motifs is 1. The second-order valence-electron chi connectivity index (χ2n) is 4.33. The van der Waals surface area contributed by atoms with Crippen LogP contribution in [-0.4, -0.2) is 12.0 Å². The van der Waals surface area contributed by atoms with Gasteiger partial charge >= 0.3 is 0 Å². The summed E-state index contributed by atoms with van der Waals surface area (Å²) in [6, 6.07) is 15.7. The van der Waals surface area contributed by atoms with Crippen molar-refractivity contribution in [3.05, 3.63) is 59.2 Å². The lowest BCUT2D eigenvalue weighted by Gasteiger charge is -2.09. The quantitative estimate of drug-likeness (QED) is 0.747. The average molecular weight is 329 g/mol. The van der Waals surface area contributed by atoms with E-state index in [1.807, 2.05) is 55.6 Å². The zero-order valence-electron chi connectivity index (χ0n) is 10.9. The van der Waals surface area contributed by atoms with E-state index in [9.17, 15) is 0 Å². The highest BCUT2D eigenvalue weighted by Gasteiger charge is 2.06. The number of anilines is 1. The first-order valence-electron chi connectivity index (χ1n) is 6.27. The Kier molecular flexibility index (Phi) is 3.56. The van der Waals surface area contributed by atoms with Crippen LogP contribution in [0.1, 0.15) is 0 Å². The Bertz CT molecular complexity index is 741. The summed E-state index contributed by atoms with van der Waals surface area (Å²) in [4.78, 5) is 4.33. The van der Waals surface area contributed by atoms with Crippen molar-refractivity contribution < 1.29 is 4.74 Å². The third-order valence-corrected chi connectivity index (χ3v) is 3.77. The van der Waals surface area contributed by atoms with Gasteiger partial charge in [-0.2, -0.15) is 0 Å². The standard InChI is InChI=1S/C16H13BrN2O/c1-18-11-5-7-12(8-6-11)20-16-14-3-2-4-15(17)13(14)9-10-19-16/h2-10,18H,1H3. The summed E-state index contributed by atoms with van der Waals surface area (Å²) in [6.07, 6.45) is 1.75. The van der Waals surface area contributed by atoms with Crippen molar-refractivity contribution in [2.75, 3.05) is 12.4 Å². The number of halogens is 1. The summed E-state index contributed by atoms with van der Waals surface area (Å²) in [6.45, 7) is 0. The summed E-state index contributed by atoms with van der Waals surface area (Å²) in [7, 11) is 1.89. The number of aromatic nitrogens is 1. The molecule has 0 aliphatic carbocycles. The van der Waals surface area contributed by atoms with E-state index in [2.05, 4.69) is 26.2 Å². The highest BCUT2D eigenvalue weighted by atomic mass is 79.9. The largest absolute Gasteiger partial charge is 0.438 e. The SMILES string of the molecule is CNc1ccc(Oc2nccc3c(Br)cccc23)cc1. The molecule has 2 aromatic carbocycles. The fraction of sp³-hybridized carbons (Fsp3) is 0.0625. The van der Waals surface area contributed by atoms with Crippen molar-refractivity contribution in [1.29, 1.82) is 0 Å². The summed E-state index contributed by atoms with van der Waals surface area (Å²) in [5, 5.41) is 5.15. The molecule has 1 N–H and O–H groups in total. The number of pyridine rings is 1. The van der Waals surface area contributed by atoms with Gasteiger partial charge in [0.05, 0.1) is 0 Å². The van der Waals surface area contributed by atoms with Gasteiger partial charge in [0.25, 0.3) is 0 Å². The molecule has 3 aromatic rings. The molecular formula is C16H13BrN2O. The fourth-order valence-electron chi connectivity index (χ4n) is 2.02. The molecular weight excluding hydrogens is 316 g/mol. The van der Waals surface area contributed by atoms with Crippen molar-refractivity contribution in [1.82, 2.24) is 4.98 Å². The molecule has 1 heterocycles. The molecule has 4 heteroatoms. The van der Waals surface area contributed by atoms with Crippen molar-refractivity contribution in [3.63, 3.8) is 0 Å². The summed E-state index contributed by atoms with van der Waals surface area (Å²) >= 11 is 3.54. The van der Waals surface area contributed by atoms with Crippen LogP contribution in [0.15, 0.2) is 59.2 Å². The molecule has 0 radical (unpaired) electrons. The van der Waals surface area contributed by atoms with Gasteiger partial charge in [0.2, 0.25) is 5.88 Å². The number of ether oxygens (including phenoxy) is 1. The highest BCUT2D eigenvalue weighted by molar-refractivity contribution is 9.10. The molecule has 0 spiro atoms. The van der Waals surface area contributed by atoms with E-state index in [1.165, 1.54) is 0 Å². The molecule has 0 aliphatic rings. The van der Waals surface area contributed by atoms with Gasteiger partial charge in [-0.3, -0.25) is 0 Å². The van der Waals surface area contributed by atoms with E-state index in [-0.39, 0.29) is 0 Å². The Morgan fingerprint density at radius 2 is 1.80 bits per heavy atom. The lowest BCUT2D eigenvalue weighted by Crippen LogP contribution is -1.91. The van der Waals surface area contributed by atoms with Crippen LogP contribution in [0.25, 0.3) is 10.8 Å². The van der Waals surface area contributed by atoms with Gasteiger partial charge in [-0.1, -0.05) is 22.0 Å². The van der Waals surface area contributed by atoms with Gasteiger partial charge in [-0.25, -0.2) is 4.98 Å². The Morgan fingerprint density at radius 1 is 1.00 bits per heavy atom. The first-order chi connectivity index (χ1) is 9.78. The van der Waals surface area contributed by atoms with Gasteiger partial charge < -0.3 is 10.1 Å². The number of hydrogen-bond donors (Lipinski definition) is 1. The smallest absolute Gasteiger partial charge is 0.227 e. The molecule has 0 saturated heterocycles. The minimum absolute atomic E-state index is 0.612. The van der Waals surface area contributed by atoms with Gasteiger partial charge in [0, 0.05) is 34.2 Å². The fourth-order valence-corrected chi connectivity index (χ4v) is 2.52. The summed E-state index contributed by atoms with van der Waals surface area (Å²) in [5.74, 6) is 1.38. The number of nitrogens with one attached hydrogen (secondary N) is 1. The molecule has 20 heavy (non-hydrogen) atoms. The molecule has 0 saturated carbocycles. The first kappa shape index (κ1) is 12.9. The Morgan fingerprint density at radius 3 is 2.55 bits per heavy atom. The third kappa shape index (κ3) is 2.47. The lowest BCUT2D eigenvalue weighted by atomic mass is 10.2. The minimum atomic E-state index is 0.612. The Balaban J connectivity index is 1.99. The molecule has 0 unspecified atom stereocenters. The summed E-state index contributed by atoms with van der Waals surface area (Å²) in [5.41, 5.74) is 1.05. The Hall–Kier alpha value is -2.07. The molecule has 3 rings (SSSR count). The maximum Gasteiger partial charge on any atom is 0.227 e. The van der Waals surface area contributed by atoms with Gasteiger partial charge in [0.15, 0.2) is 0 Å². The normalized spacial score (nSPS) is 10.5. The maximum absolute atomic E-state index is 5.89. The van der Waals surface area contributed by atoms with Crippen LogP contribution in [0, 0.1) is 0 Å². The number of rotatable bonds is 3. The monoisotopic (exact) mass is 328 g/mol. The minimum Gasteiger partial charge on any atom is -0.438 e. The second-order valence-corrected chi connectivity index (χ2v) is 5.18. The first-order valence-corrected chi connectivity index (χ1v) is 7.06. The predicted octanol–water partition coefficient (Wildman–Crippen LogP) is 4.83. The van der Waals surface area contributed by atoms with E-state index in [4.69, 9.17) is 4.74 Å². The number of nitrogens with zero attached hydrogens (tertiary/aromatic N) is 1. The van der Waals surface area contributed by atoms with Crippen LogP contribution in [0.4, 0.5) is 5.69 Å². The zero-order valence-corrected chi connectivity index (χ0v) is 12.5. The van der Waals surface area contributed by atoms with E-state index in [0.29, 0.717) is 5.88 Å². The zero-order chi connectivity index (χ0) is 13.9. The van der Waals surface area contributed by atoms with Crippen LogP contribution >= 0.6 is 15.9 Å². The molecule has 0 fully saturated rings. The van der Waals surface area contributed by atoms with Gasteiger partial charge in [-0.05, 0) is 42.5 Å². The molecule has 0 amide bonds. The predicted molar refractivity (Wildman–Crippen MR) is 85.5 cm³/mol. The number of hydrogen-bond acceptors (Lipinski definition) is 3. The van der Waals surface area contributed by atoms with E-state index < -0.39 is 0 Å². The highest BCUT2D eigenvalue weighted by Crippen LogP contribution is 2.31. The van der Waals surface area contributed by atoms with Crippen LogP contribution < -0.4 is 10.1 Å². The van der Waals surface area contributed by atoms with Gasteiger partial charge in [0.1, 0.15) is 5.75 Å². The van der Waals surface area contributed by atoms with Crippen molar-refractivity contribution >= 4 is 32.4 Å². The van der Waals surface area contributed by atoms with Crippen LogP contribution in [0.2, 0.25) is 0 Å². The average Bonchev–Trinajstić information content (AvgIpc) is 2.49. The third-order valence-electron chi connectivity index (χ3n) is 3.07. The maximum atomic E-state index is 5.89. The number of benzene rings is 2.